The Kier molecular flexibility index (Phi) is 3.70. The maximum Gasteiger partial charge on any atom is 0.180 e. The van der Waals surface area contributed by atoms with E-state index >= 15 is 0 Å². The number of fused-ring (bicyclic) bond motifs is 1. The van der Waals surface area contributed by atoms with Crippen LogP contribution in [0, 0.1) is 0 Å². The van der Waals surface area contributed by atoms with Crippen LogP contribution in [-0.4, -0.2) is 40.2 Å². The number of ether oxygens (including phenoxy) is 1. The van der Waals surface area contributed by atoms with Gasteiger partial charge in [0.05, 0.1) is 12.3 Å². The number of nitrogens with one attached hydrogen (secondary N) is 1. The maximum absolute atomic E-state index is 5.72. The number of imidazole rings is 1. The fourth-order valence-electron chi connectivity index (χ4n) is 2.60. The Bertz CT molecular complexity index is 577. The molecule has 0 bridgehead atoms. The van der Waals surface area contributed by atoms with Gasteiger partial charge in [0.2, 0.25) is 0 Å². The first kappa shape index (κ1) is 13.1. The molecule has 1 atom stereocenters. The van der Waals surface area contributed by atoms with E-state index in [1.807, 2.05) is 16.8 Å². The Morgan fingerprint density at radius 3 is 3.20 bits per heavy atom. The lowest BCUT2D eigenvalue weighted by atomic mass is 10.2. The summed E-state index contributed by atoms with van der Waals surface area (Å²) in [6, 6.07) is 0. The van der Waals surface area contributed by atoms with Crippen molar-refractivity contribution in [2.24, 2.45) is 5.84 Å². The fourth-order valence-corrected chi connectivity index (χ4v) is 2.60. The summed E-state index contributed by atoms with van der Waals surface area (Å²) in [6.45, 7) is 4.65. The van der Waals surface area contributed by atoms with Crippen LogP contribution in [-0.2, 0) is 4.74 Å². The molecule has 1 saturated heterocycles. The van der Waals surface area contributed by atoms with Gasteiger partial charge in [0.15, 0.2) is 17.3 Å². The molecule has 0 amide bonds. The van der Waals surface area contributed by atoms with Gasteiger partial charge in [-0.3, -0.25) is 0 Å². The topological polar surface area (TPSA) is 80.7 Å². The number of aromatic nitrogens is 3. The molecule has 20 heavy (non-hydrogen) atoms. The number of hydrogen-bond donors (Lipinski definition) is 2. The van der Waals surface area contributed by atoms with Crippen molar-refractivity contribution in [2.75, 3.05) is 30.0 Å². The summed E-state index contributed by atoms with van der Waals surface area (Å²) < 4.78 is 7.65. The van der Waals surface area contributed by atoms with E-state index in [4.69, 9.17) is 10.6 Å². The summed E-state index contributed by atoms with van der Waals surface area (Å²) in [5.41, 5.74) is 3.44. The van der Waals surface area contributed by atoms with Crippen LogP contribution in [0.25, 0.3) is 5.65 Å². The number of anilines is 2. The largest absolute Gasteiger partial charge is 0.376 e. The Labute approximate surface area is 117 Å². The zero-order chi connectivity index (χ0) is 13.9. The van der Waals surface area contributed by atoms with Crippen molar-refractivity contribution < 1.29 is 4.74 Å². The van der Waals surface area contributed by atoms with Gasteiger partial charge in [-0.1, -0.05) is 0 Å². The average Bonchev–Trinajstić information content (AvgIpc) is 3.14. The third-order valence-corrected chi connectivity index (χ3v) is 3.63. The second-order valence-corrected chi connectivity index (χ2v) is 4.93. The van der Waals surface area contributed by atoms with Crippen LogP contribution < -0.4 is 16.2 Å². The molecule has 0 spiro atoms. The molecule has 1 aliphatic heterocycles. The number of nitrogen functional groups attached to an aromatic ring is 1. The molecule has 1 aliphatic rings. The van der Waals surface area contributed by atoms with E-state index in [2.05, 4.69) is 27.2 Å². The van der Waals surface area contributed by atoms with Crippen LogP contribution in [0.4, 0.5) is 11.6 Å². The zero-order valence-electron chi connectivity index (χ0n) is 11.6. The summed E-state index contributed by atoms with van der Waals surface area (Å²) in [4.78, 5) is 11.1. The van der Waals surface area contributed by atoms with Crippen LogP contribution in [0.3, 0.4) is 0 Å². The van der Waals surface area contributed by atoms with Crippen LogP contribution in [0.15, 0.2) is 18.6 Å². The van der Waals surface area contributed by atoms with Gasteiger partial charge in [0.1, 0.15) is 0 Å². The van der Waals surface area contributed by atoms with Gasteiger partial charge in [0.25, 0.3) is 0 Å². The molecular weight excluding hydrogens is 256 g/mol. The lowest BCUT2D eigenvalue weighted by Crippen LogP contribution is -2.33. The van der Waals surface area contributed by atoms with E-state index < -0.39 is 0 Å². The minimum atomic E-state index is 0.279. The van der Waals surface area contributed by atoms with Crippen molar-refractivity contribution >= 4 is 17.3 Å². The van der Waals surface area contributed by atoms with Crippen LogP contribution in [0.1, 0.15) is 19.8 Å². The second kappa shape index (κ2) is 5.64. The van der Waals surface area contributed by atoms with Crippen molar-refractivity contribution in [3.63, 3.8) is 0 Å². The van der Waals surface area contributed by atoms with Gasteiger partial charge in [-0.05, 0) is 19.8 Å². The average molecular weight is 276 g/mol. The van der Waals surface area contributed by atoms with E-state index in [9.17, 15) is 0 Å². The van der Waals surface area contributed by atoms with Crippen molar-refractivity contribution in [1.82, 2.24) is 14.4 Å². The highest BCUT2D eigenvalue weighted by molar-refractivity contribution is 5.66. The van der Waals surface area contributed by atoms with Gasteiger partial charge in [0, 0.05) is 32.1 Å². The highest BCUT2D eigenvalue weighted by Crippen LogP contribution is 2.22. The smallest absolute Gasteiger partial charge is 0.180 e. The predicted molar refractivity (Wildman–Crippen MR) is 77.7 cm³/mol. The van der Waals surface area contributed by atoms with E-state index in [0.29, 0.717) is 5.82 Å². The standard InChI is InChI=1S/C13H20N6O/c1-2-18(8-10-4-3-7-20-10)13-12-15-5-6-19(12)9-11(16-13)17-14/h5-6,9-10,17H,2-4,7-8,14H2,1H3. The van der Waals surface area contributed by atoms with Crippen molar-refractivity contribution in [1.29, 1.82) is 0 Å². The molecule has 7 heteroatoms. The fraction of sp³-hybridized carbons (Fsp3) is 0.538. The minimum Gasteiger partial charge on any atom is -0.376 e. The first-order valence-electron chi connectivity index (χ1n) is 6.98. The molecule has 108 valence electrons. The monoisotopic (exact) mass is 276 g/mol. The minimum absolute atomic E-state index is 0.279. The maximum atomic E-state index is 5.72. The molecular formula is C13H20N6O. The van der Waals surface area contributed by atoms with Gasteiger partial charge in [-0.15, -0.1) is 0 Å². The summed E-state index contributed by atoms with van der Waals surface area (Å²) >= 11 is 0. The molecule has 3 N–H and O–H groups in total. The van der Waals surface area contributed by atoms with Crippen LogP contribution in [0.5, 0.6) is 0 Å². The Morgan fingerprint density at radius 2 is 2.50 bits per heavy atom. The highest BCUT2D eigenvalue weighted by Gasteiger charge is 2.21. The third-order valence-electron chi connectivity index (χ3n) is 3.63. The predicted octanol–water partition coefficient (Wildman–Crippen LogP) is 1.02. The summed E-state index contributed by atoms with van der Waals surface area (Å²) in [5.74, 6) is 6.95. The van der Waals surface area contributed by atoms with Gasteiger partial charge < -0.3 is 19.5 Å². The van der Waals surface area contributed by atoms with Crippen LogP contribution in [0.2, 0.25) is 0 Å². The number of nitrogens with two attached hydrogens (primary N) is 1. The van der Waals surface area contributed by atoms with Crippen molar-refractivity contribution in [2.45, 2.75) is 25.9 Å². The normalized spacial score (nSPS) is 18.6. The second-order valence-electron chi connectivity index (χ2n) is 4.93. The molecule has 3 rings (SSSR count). The highest BCUT2D eigenvalue weighted by atomic mass is 16.5. The molecule has 0 aliphatic carbocycles. The van der Waals surface area contributed by atoms with Crippen LogP contribution >= 0.6 is 0 Å². The summed E-state index contributed by atoms with van der Waals surface area (Å²) in [5, 5.41) is 0. The lowest BCUT2D eigenvalue weighted by molar-refractivity contribution is 0.115. The summed E-state index contributed by atoms with van der Waals surface area (Å²) in [6.07, 6.45) is 8.00. The van der Waals surface area contributed by atoms with Gasteiger partial charge in [-0.2, -0.15) is 0 Å². The number of hydrazine groups is 1. The Balaban J connectivity index is 1.94. The molecule has 1 unspecified atom stereocenters. The molecule has 2 aromatic heterocycles. The first-order valence-corrected chi connectivity index (χ1v) is 6.98. The molecule has 7 nitrogen and oxygen atoms in total. The van der Waals surface area contributed by atoms with E-state index in [1.165, 1.54) is 0 Å². The number of rotatable bonds is 5. The number of hydrogen-bond acceptors (Lipinski definition) is 6. The molecule has 0 radical (unpaired) electrons. The van der Waals surface area contributed by atoms with Gasteiger partial charge in [-0.25, -0.2) is 15.8 Å². The van der Waals surface area contributed by atoms with Crippen molar-refractivity contribution in [3.8, 4) is 0 Å². The Morgan fingerprint density at radius 1 is 1.60 bits per heavy atom. The van der Waals surface area contributed by atoms with E-state index in [1.54, 1.807) is 6.20 Å². The molecule has 0 saturated carbocycles. The lowest BCUT2D eigenvalue weighted by Gasteiger charge is -2.25. The number of likely N-dealkylation sites (N-methyl/N-ethyl adjacent to an activating group) is 1. The Hall–Kier alpha value is -1.86. The summed E-state index contributed by atoms with van der Waals surface area (Å²) in [7, 11) is 0. The zero-order valence-corrected chi connectivity index (χ0v) is 11.6. The molecule has 1 fully saturated rings. The van der Waals surface area contributed by atoms with Crippen molar-refractivity contribution in [3.05, 3.63) is 18.6 Å². The molecule has 2 aromatic rings. The molecule has 0 aromatic carbocycles. The van der Waals surface area contributed by atoms with E-state index in [-0.39, 0.29) is 6.10 Å². The molecule has 3 heterocycles. The number of nitrogens with zero attached hydrogens (tertiary/aromatic N) is 4. The van der Waals surface area contributed by atoms with E-state index in [0.717, 1.165) is 44.0 Å². The first-order chi connectivity index (χ1) is 9.81. The SMILES string of the molecule is CCN(CC1CCCO1)c1nc(NN)cn2ccnc12. The van der Waals surface area contributed by atoms with Gasteiger partial charge >= 0.3 is 0 Å². The third kappa shape index (κ3) is 2.41. The quantitative estimate of drug-likeness (QED) is 0.627.